The van der Waals surface area contributed by atoms with Crippen molar-refractivity contribution < 1.29 is 13.2 Å². The molecular formula is C28H33Cl2N5O3S. The Kier molecular flexibility index (Phi) is 9.85. The number of rotatable bonds is 10. The minimum Gasteiger partial charge on any atom is -0.364 e. The first-order valence-electron chi connectivity index (χ1n) is 12.9. The average Bonchev–Trinajstić information content (AvgIpc) is 2.92. The number of benzene rings is 2. The van der Waals surface area contributed by atoms with Gasteiger partial charge in [-0.25, -0.2) is 13.6 Å². The molecule has 2 aromatic carbocycles. The van der Waals surface area contributed by atoms with E-state index in [-0.39, 0.29) is 32.5 Å². The molecule has 2 heterocycles. The van der Waals surface area contributed by atoms with Crippen molar-refractivity contribution in [3.05, 3.63) is 88.2 Å². The molecule has 1 unspecified atom stereocenters. The smallest absolute Gasteiger partial charge is 0.254 e. The van der Waals surface area contributed by atoms with E-state index >= 15 is 0 Å². The number of hydrogen-bond donors (Lipinski definition) is 2. The molecule has 0 radical (unpaired) electrons. The van der Waals surface area contributed by atoms with Crippen molar-refractivity contribution in [2.75, 3.05) is 24.5 Å². The highest BCUT2D eigenvalue weighted by molar-refractivity contribution is 7.89. The van der Waals surface area contributed by atoms with Gasteiger partial charge in [-0.15, -0.1) is 0 Å². The van der Waals surface area contributed by atoms with Crippen LogP contribution in [0.5, 0.6) is 0 Å². The summed E-state index contributed by atoms with van der Waals surface area (Å²) in [4.78, 5) is 21.3. The Morgan fingerprint density at radius 2 is 1.69 bits per heavy atom. The van der Waals surface area contributed by atoms with Crippen LogP contribution < -0.4 is 15.4 Å². The summed E-state index contributed by atoms with van der Waals surface area (Å²) in [5.41, 5.74) is 2.40. The number of pyridine rings is 1. The summed E-state index contributed by atoms with van der Waals surface area (Å²) >= 11 is 12.2. The number of sulfonamides is 1. The van der Waals surface area contributed by atoms with Gasteiger partial charge in [0.2, 0.25) is 10.0 Å². The van der Waals surface area contributed by atoms with Crippen LogP contribution in [-0.2, 0) is 16.6 Å². The molecule has 0 aliphatic carbocycles. The Hall–Kier alpha value is -2.69. The fourth-order valence-corrected chi connectivity index (χ4v) is 6.02. The van der Waals surface area contributed by atoms with Gasteiger partial charge < -0.3 is 15.1 Å². The molecule has 39 heavy (non-hydrogen) atoms. The number of nitrogens with two attached hydrogens (primary N) is 1. The predicted molar refractivity (Wildman–Crippen MR) is 156 cm³/mol. The average molecular weight is 591 g/mol. The van der Waals surface area contributed by atoms with E-state index in [4.69, 9.17) is 28.3 Å². The molecule has 1 aromatic heterocycles. The zero-order valence-corrected chi connectivity index (χ0v) is 24.1. The second-order valence-corrected chi connectivity index (χ2v) is 12.2. The number of anilines is 1. The lowest BCUT2D eigenvalue weighted by Crippen LogP contribution is -2.48. The van der Waals surface area contributed by atoms with Crippen molar-refractivity contribution in [3.8, 4) is 0 Å². The normalized spacial score (nSPS) is 15.6. The Morgan fingerprint density at radius 1 is 1.08 bits per heavy atom. The molecule has 1 fully saturated rings. The predicted octanol–water partition coefficient (Wildman–Crippen LogP) is 4.72. The lowest BCUT2D eigenvalue weighted by Gasteiger charge is -2.42. The number of nitrogens with one attached hydrogen (secondary N) is 1. The molecule has 3 N–H and O–H groups in total. The number of aromatic nitrogens is 1. The first kappa shape index (κ1) is 29.3. The number of nitrogens with zero attached hydrogens (tertiary/aromatic N) is 3. The molecule has 8 nitrogen and oxygen atoms in total. The van der Waals surface area contributed by atoms with Crippen LogP contribution >= 0.6 is 23.2 Å². The summed E-state index contributed by atoms with van der Waals surface area (Å²) in [7, 11) is -3.75. The van der Waals surface area contributed by atoms with E-state index in [2.05, 4.69) is 39.2 Å². The molecule has 1 amide bonds. The van der Waals surface area contributed by atoms with Crippen molar-refractivity contribution >= 4 is 44.8 Å². The van der Waals surface area contributed by atoms with Crippen LogP contribution in [0.15, 0.2) is 71.9 Å². The van der Waals surface area contributed by atoms with Crippen LogP contribution in [0.1, 0.15) is 42.1 Å². The standard InChI is InChI=1S/C28H33Cl2N5O3S/c1-20(11-14-33-28(36)27-25(29)17-32-18-26(27)30)34-15-12-23(13-16-34)35(19-21-5-3-2-4-6-21)22-7-9-24(10-8-22)39(31,37)38/h2-10,17-18,20,23H,11-16,19H2,1H3,(H,33,36)(H2,31,37,38). The molecule has 208 valence electrons. The molecule has 1 atom stereocenters. The van der Waals surface area contributed by atoms with Crippen LogP contribution in [0.4, 0.5) is 5.69 Å². The molecular weight excluding hydrogens is 557 g/mol. The van der Waals surface area contributed by atoms with Gasteiger partial charge in [0.15, 0.2) is 0 Å². The van der Waals surface area contributed by atoms with Crippen molar-refractivity contribution in [1.82, 2.24) is 15.2 Å². The number of carbonyl (C=O) groups excluding carboxylic acids is 1. The van der Waals surface area contributed by atoms with E-state index in [0.717, 1.165) is 44.6 Å². The maximum absolute atomic E-state index is 12.6. The van der Waals surface area contributed by atoms with Gasteiger partial charge in [0.1, 0.15) is 0 Å². The maximum atomic E-state index is 12.6. The van der Waals surface area contributed by atoms with E-state index in [1.165, 1.54) is 18.0 Å². The summed E-state index contributed by atoms with van der Waals surface area (Å²) in [6, 6.07) is 17.6. The van der Waals surface area contributed by atoms with Gasteiger partial charge in [-0.05, 0) is 56.0 Å². The first-order chi connectivity index (χ1) is 18.6. The van der Waals surface area contributed by atoms with Crippen LogP contribution in [-0.4, -0.2) is 55.9 Å². The monoisotopic (exact) mass is 589 g/mol. The van der Waals surface area contributed by atoms with Crippen molar-refractivity contribution in [2.45, 2.75) is 49.7 Å². The van der Waals surface area contributed by atoms with Crippen LogP contribution in [0, 0.1) is 0 Å². The van der Waals surface area contributed by atoms with Gasteiger partial charge in [0, 0.05) is 56.3 Å². The fraction of sp³-hybridized carbons (Fsp3) is 0.357. The summed E-state index contributed by atoms with van der Waals surface area (Å²) in [5.74, 6) is -0.302. The second kappa shape index (κ2) is 13.1. The van der Waals surface area contributed by atoms with Crippen LogP contribution in [0.3, 0.4) is 0 Å². The highest BCUT2D eigenvalue weighted by atomic mass is 35.5. The molecule has 1 saturated heterocycles. The number of hydrogen-bond acceptors (Lipinski definition) is 6. The summed E-state index contributed by atoms with van der Waals surface area (Å²) in [5, 5.41) is 8.68. The van der Waals surface area contributed by atoms with E-state index in [1.807, 2.05) is 30.3 Å². The first-order valence-corrected chi connectivity index (χ1v) is 15.2. The van der Waals surface area contributed by atoms with E-state index in [1.54, 1.807) is 12.1 Å². The summed E-state index contributed by atoms with van der Waals surface area (Å²) in [6.45, 7) is 5.24. The molecule has 0 bridgehead atoms. The molecule has 11 heteroatoms. The third-order valence-corrected chi connectivity index (χ3v) is 8.69. The molecule has 1 aliphatic rings. The molecule has 0 spiro atoms. The number of carbonyl (C=O) groups is 1. The molecule has 3 aromatic rings. The highest BCUT2D eigenvalue weighted by Crippen LogP contribution is 2.28. The second-order valence-electron chi connectivity index (χ2n) is 9.79. The largest absolute Gasteiger partial charge is 0.364 e. The fourth-order valence-electron chi connectivity index (χ4n) is 4.97. The Labute approximate surface area is 240 Å². The minimum atomic E-state index is -3.75. The lowest BCUT2D eigenvalue weighted by atomic mass is 9.99. The summed E-state index contributed by atoms with van der Waals surface area (Å²) in [6.07, 6.45) is 5.53. The molecule has 4 rings (SSSR count). The van der Waals surface area contributed by atoms with Crippen molar-refractivity contribution in [2.24, 2.45) is 5.14 Å². The topological polar surface area (TPSA) is 109 Å². The van der Waals surface area contributed by atoms with Gasteiger partial charge in [0.05, 0.1) is 20.5 Å². The van der Waals surface area contributed by atoms with Crippen LogP contribution in [0.25, 0.3) is 0 Å². The number of piperidine rings is 1. The Bertz CT molecular complexity index is 1350. The Morgan fingerprint density at radius 3 is 2.28 bits per heavy atom. The van der Waals surface area contributed by atoms with Gasteiger partial charge in [-0.2, -0.15) is 0 Å². The van der Waals surface area contributed by atoms with Crippen molar-refractivity contribution in [1.29, 1.82) is 0 Å². The van der Waals surface area contributed by atoms with Crippen molar-refractivity contribution in [3.63, 3.8) is 0 Å². The molecule has 0 saturated carbocycles. The zero-order valence-electron chi connectivity index (χ0n) is 21.8. The number of halogens is 2. The van der Waals surface area contributed by atoms with Gasteiger partial charge >= 0.3 is 0 Å². The SMILES string of the molecule is CC(CCNC(=O)c1c(Cl)cncc1Cl)N1CCC(N(Cc2ccccc2)c2ccc(S(N)(=O)=O)cc2)CC1. The van der Waals surface area contributed by atoms with E-state index in [9.17, 15) is 13.2 Å². The quantitative estimate of drug-likeness (QED) is 0.354. The van der Waals surface area contributed by atoms with Crippen LogP contribution in [0.2, 0.25) is 10.0 Å². The third-order valence-electron chi connectivity index (χ3n) is 7.18. The molecule has 1 aliphatic heterocycles. The van der Waals surface area contributed by atoms with Gasteiger partial charge in [-0.3, -0.25) is 9.78 Å². The number of primary sulfonamides is 1. The zero-order chi connectivity index (χ0) is 28.0. The van der Waals surface area contributed by atoms with Gasteiger partial charge in [0.25, 0.3) is 5.91 Å². The highest BCUT2D eigenvalue weighted by Gasteiger charge is 2.27. The Balaban J connectivity index is 1.36. The minimum absolute atomic E-state index is 0.107. The third kappa shape index (κ3) is 7.70. The van der Waals surface area contributed by atoms with E-state index in [0.29, 0.717) is 12.6 Å². The number of amides is 1. The van der Waals surface area contributed by atoms with E-state index < -0.39 is 10.0 Å². The number of likely N-dealkylation sites (tertiary alicyclic amines) is 1. The summed E-state index contributed by atoms with van der Waals surface area (Å²) < 4.78 is 23.5. The maximum Gasteiger partial charge on any atom is 0.254 e. The lowest BCUT2D eigenvalue weighted by molar-refractivity contribution is 0.0945. The van der Waals surface area contributed by atoms with Gasteiger partial charge in [-0.1, -0.05) is 53.5 Å².